The van der Waals surface area contributed by atoms with Crippen molar-refractivity contribution >= 4 is 27.3 Å². The van der Waals surface area contributed by atoms with Crippen LogP contribution in [-0.2, 0) is 6.54 Å². The second-order valence-corrected chi connectivity index (χ2v) is 7.82. The molecule has 8 heteroatoms. The highest BCUT2D eigenvalue weighted by Gasteiger charge is 2.16. The van der Waals surface area contributed by atoms with Crippen LogP contribution in [0.2, 0.25) is 0 Å². The van der Waals surface area contributed by atoms with Crippen molar-refractivity contribution in [2.45, 2.75) is 13.5 Å². The van der Waals surface area contributed by atoms with E-state index in [1.807, 2.05) is 36.6 Å². The maximum Gasteiger partial charge on any atom is 0.263 e. The third-order valence-corrected chi connectivity index (χ3v) is 5.94. The maximum absolute atomic E-state index is 13.3. The topological polar surface area (TPSA) is 79.7 Å². The number of benzene rings is 2. The summed E-state index contributed by atoms with van der Waals surface area (Å²) in [6.07, 6.45) is 1.42. The Morgan fingerprint density at radius 2 is 1.81 bits per heavy atom. The van der Waals surface area contributed by atoms with Crippen LogP contribution in [0.3, 0.4) is 0 Å². The van der Waals surface area contributed by atoms with E-state index in [0.717, 1.165) is 16.9 Å². The SMILES string of the molecule is CCOc1ccc(-c2csc3ncn(CC(=O)c4ccc(OC)c(OC)c4)c(=O)c23)cc1. The summed E-state index contributed by atoms with van der Waals surface area (Å²) in [5, 5.41) is 2.41. The van der Waals surface area contributed by atoms with Crippen molar-refractivity contribution < 1.29 is 19.0 Å². The van der Waals surface area contributed by atoms with Crippen molar-refractivity contribution in [2.75, 3.05) is 20.8 Å². The van der Waals surface area contributed by atoms with Gasteiger partial charge in [0.25, 0.3) is 5.56 Å². The number of aromatic nitrogens is 2. The van der Waals surface area contributed by atoms with Gasteiger partial charge in [0.1, 0.15) is 10.6 Å². The largest absolute Gasteiger partial charge is 0.494 e. The van der Waals surface area contributed by atoms with Gasteiger partial charge < -0.3 is 14.2 Å². The summed E-state index contributed by atoms with van der Waals surface area (Å²) in [4.78, 5) is 31.2. The van der Waals surface area contributed by atoms with E-state index < -0.39 is 0 Å². The molecule has 4 rings (SSSR count). The highest BCUT2D eigenvalue weighted by atomic mass is 32.1. The van der Waals surface area contributed by atoms with Crippen molar-refractivity contribution in [1.82, 2.24) is 9.55 Å². The van der Waals surface area contributed by atoms with E-state index in [1.54, 1.807) is 18.2 Å². The third kappa shape index (κ3) is 4.09. The van der Waals surface area contributed by atoms with E-state index in [2.05, 4.69) is 4.98 Å². The first-order valence-electron chi connectivity index (χ1n) is 10.0. The van der Waals surface area contributed by atoms with Gasteiger partial charge in [0.15, 0.2) is 17.3 Å². The number of fused-ring (bicyclic) bond motifs is 1. The molecule has 0 radical (unpaired) electrons. The lowest BCUT2D eigenvalue weighted by Gasteiger charge is -2.10. The van der Waals surface area contributed by atoms with Gasteiger partial charge in [-0.05, 0) is 42.8 Å². The minimum absolute atomic E-state index is 0.129. The Balaban J connectivity index is 1.67. The molecule has 0 amide bonds. The summed E-state index contributed by atoms with van der Waals surface area (Å²) in [6, 6.07) is 12.5. The van der Waals surface area contributed by atoms with E-state index in [0.29, 0.717) is 33.9 Å². The summed E-state index contributed by atoms with van der Waals surface area (Å²) in [5.74, 6) is 1.52. The van der Waals surface area contributed by atoms with Gasteiger partial charge in [-0.2, -0.15) is 0 Å². The molecule has 32 heavy (non-hydrogen) atoms. The fourth-order valence-electron chi connectivity index (χ4n) is 3.45. The molecule has 0 saturated carbocycles. The second kappa shape index (κ2) is 9.23. The van der Waals surface area contributed by atoms with Gasteiger partial charge >= 0.3 is 0 Å². The number of ether oxygens (including phenoxy) is 3. The normalized spacial score (nSPS) is 10.8. The standard InChI is InChI=1S/C24H22N2O5S/c1-4-31-17-8-5-15(6-9-17)18-13-32-23-22(18)24(28)26(14-25-23)12-19(27)16-7-10-20(29-2)21(11-16)30-3/h5-11,13-14H,4,12H2,1-3H3. The molecule has 0 aliphatic carbocycles. The average Bonchev–Trinajstić information content (AvgIpc) is 3.26. The molecule has 0 atom stereocenters. The molecule has 0 saturated heterocycles. The molecule has 0 fully saturated rings. The van der Waals surface area contributed by atoms with Gasteiger partial charge in [-0.25, -0.2) is 4.98 Å². The number of hydrogen-bond acceptors (Lipinski definition) is 7. The molecule has 4 aromatic rings. The molecule has 0 unspecified atom stereocenters. The number of rotatable bonds is 8. The van der Waals surface area contributed by atoms with Crippen LogP contribution in [0, 0.1) is 0 Å². The number of thiophene rings is 1. The fraction of sp³-hybridized carbons (Fsp3) is 0.208. The smallest absolute Gasteiger partial charge is 0.263 e. The molecule has 7 nitrogen and oxygen atoms in total. The minimum atomic E-state index is -0.256. The van der Waals surface area contributed by atoms with Crippen LogP contribution in [0.25, 0.3) is 21.3 Å². The zero-order chi connectivity index (χ0) is 22.7. The molecule has 2 aromatic carbocycles. The molecule has 0 N–H and O–H groups in total. The van der Waals surface area contributed by atoms with Gasteiger partial charge in [-0.1, -0.05) is 12.1 Å². The van der Waals surface area contributed by atoms with Gasteiger partial charge in [-0.3, -0.25) is 14.2 Å². The van der Waals surface area contributed by atoms with E-state index in [-0.39, 0.29) is 17.9 Å². The number of hydrogen-bond donors (Lipinski definition) is 0. The van der Waals surface area contributed by atoms with E-state index >= 15 is 0 Å². The molecule has 0 spiro atoms. The van der Waals surface area contributed by atoms with E-state index in [9.17, 15) is 9.59 Å². The monoisotopic (exact) mass is 450 g/mol. The molecular formula is C24H22N2O5S. The fourth-order valence-corrected chi connectivity index (χ4v) is 4.35. The number of carbonyl (C=O) groups is 1. The summed E-state index contributed by atoms with van der Waals surface area (Å²) < 4.78 is 17.3. The third-order valence-electron chi connectivity index (χ3n) is 5.06. The molecule has 164 valence electrons. The summed E-state index contributed by atoms with van der Waals surface area (Å²) in [7, 11) is 3.04. The Morgan fingerprint density at radius 1 is 1.06 bits per heavy atom. The maximum atomic E-state index is 13.3. The van der Waals surface area contributed by atoms with E-state index in [4.69, 9.17) is 14.2 Å². The van der Waals surface area contributed by atoms with Crippen molar-refractivity contribution in [3.8, 4) is 28.4 Å². The minimum Gasteiger partial charge on any atom is -0.494 e. The van der Waals surface area contributed by atoms with Gasteiger partial charge in [0, 0.05) is 16.5 Å². The van der Waals surface area contributed by atoms with Crippen molar-refractivity contribution in [2.24, 2.45) is 0 Å². The Kier molecular flexibility index (Phi) is 6.23. The quantitative estimate of drug-likeness (QED) is 0.370. The molecule has 2 aromatic heterocycles. The van der Waals surface area contributed by atoms with Crippen LogP contribution in [-0.4, -0.2) is 36.2 Å². The van der Waals surface area contributed by atoms with Crippen LogP contribution >= 0.6 is 11.3 Å². The molecular weight excluding hydrogens is 428 g/mol. The number of Topliss-reactive ketones (excluding diaryl/α,β-unsaturated/α-hetero) is 1. The zero-order valence-corrected chi connectivity index (χ0v) is 18.8. The molecule has 2 heterocycles. The summed E-state index contributed by atoms with van der Waals surface area (Å²) in [5.41, 5.74) is 1.85. The lowest BCUT2D eigenvalue weighted by atomic mass is 10.1. The van der Waals surface area contributed by atoms with Gasteiger partial charge in [0.05, 0.1) is 39.1 Å². The highest BCUT2D eigenvalue weighted by molar-refractivity contribution is 7.17. The Labute approximate surface area is 188 Å². The first-order chi connectivity index (χ1) is 15.5. The predicted molar refractivity (Wildman–Crippen MR) is 124 cm³/mol. The van der Waals surface area contributed by atoms with Crippen LogP contribution in [0.4, 0.5) is 0 Å². The van der Waals surface area contributed by atoms with Crippen LogP contribution in [0.15, 0.2) is 59.0 Å². The Hall–Kier alpha value is -3.65. The number of nitrogens with zero attached hydrogens (tertiary/aromatic N) is 2. The molecule has 0 aliphatic rings. The van der Waals surface area contributed by atoms with Crippen LogP contribution in [0.1, 0.15) is 17.3 Å². The lowest BCUT2D eigenvalue weighted by Crippen LogP contribution is -2.24. The summed E-state index contributed by atoms with van der Waals surface area (Å²) in [6.45, 7) is 2.39. The van der Waals surface area contributed by atoms with Crippen molar-refractivity contribution in [3.63, 3.8) is 0 Å². The first-order valence-corrected chi connectivity index (χ1v) is 10.9. The van der Waals surface area contributed by atoms with Crippen molar-refractivity contribution in [3.05, 3.63) is 70.1 Å². The van der Waals surface area contributed by atoms with Crippen LogP contribution in [0.5, 0.6) is 17.2 Å². The van der Waals surface area contributed by atoms with Crippen molar-refractivity contribution in [1.29, 1.82) is 0 Å². The van der Waals surface area contributed by atoms with Gasteiger partial charge in [0.2, 0.25) is 0 Å². The van der Waals surface area contributed by atoms with Gasteiger partial charge in [-0.15, -0.1) is 11.3 Å². The van der Waals surface area contributed by atoms with Crippen LogP contribution < -0.4 is 19.8 Å². The highest BCUT2D eigenvalue weighted by Crippen LogP contribution is 2.32. The Morgan fingerprint density at radius 3 is 2.50 bits per heavy atom. The first kappa shape index (κ1) is 21.6. The molecule has 0 aliphatic heterocycles. The number of carbonyl (C=O) groups excluding carboxylic acids is 1. The summed E-state index contributed by atoms with van der Waals surface area (Å²) >= 11 is 1.40. The Bertz CT molecular complexity index is 1320. The lowest BCUT2D eigenvalue weighted by molar-refractivity contribution is 0.0970. The number of ketones is 1. The second-order valence-electron chi connectivity index (χ2n) is 6.96. The molecule has 0 bridgehead atoms. The van der Waals surface area contributed by atoms with E-state index in [1.165, 1.54) is 36.5 Å². The zero-order valence-electron chi connectivity index (χ0n) is 18.0. The predicted octanol–water partition coefficient (Wildman–Crippen LogP) is 4.42. The average molecular weight is 451 g/mol. The number of methoxy groups -OCH3 is 2.